The van der Waals surface area contributed by atoms with Crippen LogP contribution in [0.15, 0.2) is 267 Å². The van der Waals surface area contributed by atoms with E-state index in [9.17, 15) is 0 Å². The molecule has 2 heteroatoms. The SMILES string of the molecule is C1=CC(c2ccc(N(c3ccc(-c4ccccc4)cc3)c3ccc(-c4ccc5c6ccccc6n(-c6ccc7c(c6)C(c6ccccc6)(c6ccccc6)c6ccccc6-7)c5c4)cc3)cc2)=CCC1. The van der Waals surface area contributed by atoms with Gasteiger partial charge in [0.05, 0.1) is 16.4 Å². The third-order valence-electron chi connectivity index (χ3n) is 14.5. The first-order valence-electron chi connectivity index (χ1n) is 24.1. The molecule has 0 atom stereocenters. The van der Waals surface area contributed by atoms with Crippen LogP contribution in [0.4, 0.5) is 17.1 Å². The zero-order valence-corrected chi connectivity index (χ0v) is 38.2. The van der Waals surface area contributed by atoms with E-state index in [1.54, 1.807) is 0 Å². The van der Waals surface area contributed by atoms with Crippen molar-refractivity contribution in [3.63, 3.8) is 0 Å². The standard InChI is InChI=1S/C67H48N2/c1-5-17-47(18-6-1)49-29-36-55(37-30-49)68(56-38-31-50(32-39-56)48-19-7-2-8-20-48)57-40-33-51(34-41-57)52-35-43-62-61-26-14-16-28-65(61)69(66(62)45-52)58-42-44-60-59-25-13-15-27-63(59)67(64(60)46-58,53-21-9-3-10-22-53)54-23-11-4-12-24-54/h1,3-7,9-46H,2,8H2. The predicted molar refractivity (Wildman–Crippen MR) is 290 cm³/mol. The summed E-state index contributed by atoms with van der Waals surface area (Å²) in [6, 6.07) is 91.8. The Bertz CT molecular complexity index is 3690. The van der Waals surface area contributed by atoms with Crippen LogP contribution in [-0.4, -0.2) is 4.57 Å². The fraction of sp³-hybridized carbons (Fsp3) is 0.0448. The van der Waals surface area contributed by atoms with Gasteiger partial charge >= 0.3 is 0 Å². The topological polar surface area (TPSA) is 8.17 Å². The summed E-state index contributed by atoms with van der Waals surface area (Å²) in [7, 11) is 0. The maximum Gasteiger partial charge on any atom is 0.0714 e. The highest BCUT2D eigenvalue weighted by molar-refractivity contribution is 6.10. The van der Waals surface area contributed by atoms with Gasteiger partial charge in [-0.15, -0.1) is 0 Å². The molecule has 0 bridgehead atoms. The van der Waals surface area contributed by atoms with Gasteiger partial charge in [-0.1, -0.05) is 206 Å². The van der Waals surface area contributed by atoms with Crippen LogP contribution < -0.4 is 4.90 Å². The summed E-state index contributed by atoms with van der Waals surface area (Å²) >= 11 is 0. The van der Waals surface area contributed by atoms with Crippen molar-refractivity contribution in [2.24, 2.45) is 0 Å². The lowest BCUT2D eigenvalue weighted by molar-refractivity contribution is 0.767. The van der Waals surface area contributed by atoms with Gasteiger partial charge in [0.2, 0.25) is 0 Å². The maximum atomic E-state index is 2.48. The molecule has 0 saturated carbocycles. The highest BCUT2D eigenvalue weighted by Crippen LogP contribution is 2.56. The number of para-hydroxylation sites is 1. The zero-order valence-electron chi connectivity index (χ0n) is 38.2. The molecule has 2 aliphatic carbocycles. The largest absolute Gasteiger partial charge is 0.311 e. The van der Waals surface area contributed by atoms with Crippen molar-refractivity contribution in [2.45, 2.75) is 18.3 Å². The smallest absolute Gasteiger partial charge is 0.0714 e. The molecular formula is C67H48N2. The molecule has 1 aromatic heterocycles. The van der Waals surface area contributed by atoms with Gasteiger partial charge in [0, 0.05) is 33.5 Å². The number of anilines is 3. The normalized spacial score (nSPS) is 13.5. The van der Waals surface area contributed by atoms with Gasteiger partial charge in [0.15, 0.2) is 0 Å². The summed E-state index contributed by atoms with van der Waals surface area (Å²) in [5, 5.41) is 2.48. The summed E-state index contributed by atoms with van der Waals surface area (Å²) in [5.74, 6) is 0. The zero-order chi connectivity index (χ0) is 45.7. The summed E-state index contributed by atoms with van der Waals surface area (Å²) in [6.07, 6.45) is 9.07. The number of aromatic nitrogens is 1. The Morgan fingerprint density at radius 3 is 1.54 bits per heavy atom. The minimum Gasteiger partial charge on any atom is -0.311 e. The molecule has 10 aromatic carbocycles. The summed E-state index contributed by atoms with van der Waals surface area (Å²) in [5.41, 5.74) is 21.4. The Hall–Kier alpha value is -8.72. The number of hydrogen-bond acceptors (Lipinski definition) is 1. The van der Waals surface area contributed by atoms with E-state index >= 15 is 0 Å². The Balaban J connectivity index is 0.923. The quantitative estimate of drug-likeness (QED) is 0.140. The molecule has 0 fully saturated rings. The third-order valence-corrected chi connectivity index (χ3v) is 14.5. The van der Waals surface area contributed by atoms with E-state index in [2.05, 4.69) is 276 Å². The van der Waals surface area contributed by atoms with Crippen molar-refractivity contribution in [2.75, 3.05) is 4.90 Å². The first-order chi connectivity index (χ1) is 34.2. The van der Waals surface area contributed by atoms with E-state index in [0.717, 1.165) is 35.6 Å². The van der Waals surface area contributed by atoms with Gasteiger partial charge in [0.1, 0.15) is 0 Å². The lowest BCUT2D eigenvalue weighted by atomic mass is 9.67. The monoisotopic (exact) mass is 880 g/mol. The Morgan fingerprint density at radius 2 is 0.884 bits per heavy atom. The second kappa shape index (κ2) is 16.9. The number of nitrogens with zero attached hydrogens (tertiary/aromatic N) is 2. The molecule has 69 heavy (non-hydrogen) atoms. The second-order valence-corrected chi connectivity index (χ2v) is 18.3. The molecular weight excluding hydrogens is 833 g/mol. The molecule has 1 heterocycles. The van der Waals surface area contributed by atoms with E-state index < -0.39 is 5.41 Å². The summed E-state index contributed by atoms with van der Waals surface area (Å²) in [4.78, 5) is 2.37. The van der Waals surface area contributed by atoms with Crippen molar-refractivity contribution in [3.05, 3.63) is 295 Å². The Morgan fingerprint density at radius 1 is 0.362 bits per heavy atom. The van der Waals surface area contributed by atoms with Crippen LogP contribution in [-0.2, 0) is 5.41 Å². The van der Waals surface area contributed by atoms with E-state index in [1.807, 2.05) is 0 Å². The number of allylic oxidation sites excluding steroid dienone is 4. The lowest BCUT2D eigenvalue weighted by Crippen LogP contribution is -2.28. The van der Waals surface area contributed by atoms with Crippen LogP contribution >= 0.6 is 0 Å². The molecule has 0 amide bonds. The van der Waals surface area contributed by atoms with Crippen molar-refractivity contribution in [3.8, 4) is 39.1 Å². The van der Waals surface area contributed by atoms with Crippen molar-refractivity contribution >= 4 is 44.4 Å². The number of hydrogen-bond donors (Lipinski definition) is 0. The Kier molecular flexibility index (Phi) is 9.91. The molecule has 0 aliphatic heterocycles. The summed E-state index contributed by atoms with van der Waals surface area (Å²) < 4.78 is 2.48. The molecule has 2 aliphatic rings. The molecule has 0 radical (unpaired) electrons. The van der Waals surface area contributed by atoms with Crippen LogP contribution in [0, 0.1) is 0 Å². The molecule has 326 valence electrons. The van der Waals surface area contributed by atoms with E-state index in [4.69, 9.17) is 0 Å². The van der Waals surface area contributed by atoms with E-state index in [0.29, 0.717) is 0 Å². The minimum atomic E-state index is -0.486. The van der Waals surface area contributed by atoms with Crippen LogP contribution in [0.2, 0.25) is 0 Å². The molecule has 0 unspecified atom stereocenters. The van der Waals surface area contributed by atoms with Crippen molar-refractivity contribution in [1.29, 1.82) is 0 Å². The van der Waals surface area contributed by atoms with Gasteiger partial charge in [-0.05, 0) is 140 Å². The van der Waals surface area contributed by atoms with Crippen LogP contribution in [0.3, 0.4) is 0 Å². The highest BCUT2D eigenvalue weighted by atomic mass is 15.1. The molecule has 2 nitrogen and oxygen atoms in total. The lowest BCUT2D eigenvalue weighted by Gasteiger charge is -2.34. The van der Waals surface area contributed by atoms with Gasteiger partial charge < -0.3 is 9.47 Å². The van der Waals surface area contributed by atoms with Crippen LogP contribution in [0.25, 0.3) is 66.4 Å². The first-order valence-corrected chi connectivity index (χ1v) is 24.1. The molecule has 0 saturated heterocycles. The predicted octanol–water partition coefficient (Wildman–Crippen LogP) is 17.7. The molecule has 0 spiro atoms. The number of benzene rings is 10. The average Bonchev–Trinajstić information content (AvgIpc) is 3.92. The molecule has 13 rings (SSSR count). The molecule has 0 N–H and O–H groups in total. The minimum absolute atomic E-state index is 0.486. The third kappa shape index (κ3) is 6.79. The van der Waals surface area contributed by atoms with Gasteiger partial charge in [-0.2, -0.15) is 0 Å². The van der Waals surface area contributed by atoms with Crippen molar-refractivity contribution in [1.82, 2.24) is 4.57 Å². The first kappa shape index (κ1) is 40.5. The van der Waals surface area contributed by atoms with E-state index in [1.165, 1.54) is 88.6 Å². The summed E-state index contributed by atoms with van der Waals surface area (Å²) in [6.45, 7) is 0. The Labute approximate surface area is 404 Å². The van der Waals surface area contributed by atoms with Crippen LogP contribution in [0.1, 0.15) is 40.7 Å². The highest BCUT2D eigenvalue weighted by Gasteiger charge is 2.46. The number of rotatable bonds is 9. The average molecular weight is 881 g/mol. The maximum absolute atomic E-state index is 2.48. The fourth-order valence-electron chi connectivity index (χ4n) is 11.3. The molecule has 11 aromatic rings. The van der Waals surface area contributed by atoms with Gasteiger partial charge in [-0.3, -0.25) is 0 Å². The van der Waals surface area contributed by atoms with E-state index in [-0.39, 0.29) is 0 Å². The van der Waals surface area contributed by atoms with Crippen LogP contribution in [0.5, 0.6) is 0 Å². The van der Waals surface area contributed by atoms with Gasteiger partial charge in [0.25, 0.3) is 0 Å². The van der Waals surface area contributed by atoms with Crippen molar-refractivity contribution < 1.29 is 0 Å². The second-order valence-electron chi connectivity index (χ2n) is 18.3. The number of fused-ring (bicyclic) bond motifs is 6. The van der Waals surface area contributed by atoms with Gasteiger partial charge in [-0.25, -0.2) is 0 Å². The fourth-order valence-corrected chi connectivity index (χ4v) is 11.3.